The van der Waals surface area contributed by atoms with Crippen molar-refractivity contribution in [1.29, 1.82) is 0 Å². The zero-order valence-electron chi connectivity index (χ0n) is 11.2. The lowest BCUT2D eigenvalue weighted by atomic mass is 9.83. The van der Waals surface area contributed by atoms with E-state index in [1.54, 1.807) is 12.1 Å². The molecule has 0 amide bonds. The molecule has 3 heteroatoms. The molecule has 3 rings (SSSR count). The molecular formula is C17H17BrFN. The van der Waals surface area contributed by atoms with Gasteiger partial charge in [-0.2, -0.15) is 0 Å². The number of hydrogen-bond acceptors (Lipinski definition) is 1. The largest absolute Gasteiger partial charge is 0.383 e. The summed E-state index contributed by atoms with van der Waals surface area (Å²) in [6.07, 6.45) is 3.60. The Hall–Kier alpha value is -1.35. The van der Waals surface area contributed by atoms with Gasteiger partial charge in [0.2, 0.25) is 0 Å². The lowest BCUT2D eigenvalue weighted by molar-refractivity contribution is 0.571. The second-order valence-corrected chi connectivity index (χ2v) is 6.15. The first-order valence-electron chi connectivity index (χ1n) is 7.01. The summed E-state index contributed by atoms with van der Waals surface area (Å²) in [7, 11) is 0. The molecule has 0 radical (unpaired) electrons. The molecule has 1 aliphatic rings. The molecule has 1 nitrogen and oxygen atoms in total. The van der Waals surface area contributed by atoms with E-state index in [1.165, 1.54) is 36.5 Å². The molecule has 1 aliphatic carbocycles. The summed E-state index contributed by atoms with van der Waals surface area (Å²) >= 11 is 3.46. The van der Waals surface area contributed by atoms with Crippen LogP contribution in [0.25, 0.3) is 0 Å². The van der Waals surface area contributed by atoms with Crippen LogP contribution in [0.1, 0.15) is 29.9 Å². The van der Waals surface area contributed by atoms with Gasteiger partial charge in [0, 0.05) is 16.9 Å². The molecule has 20 heavy (non-hydrogen) atoms. The van der Waals surface area contributed by atoms with Gasteiger partial charge >= 0.3 is 0 Å². The number of benzene rings is 2. The third-order valence-corrected chi connectivity index (χ3v) is 4.65. The smallest absolute Gasteiger partial charge is 0.125 e. The van der Waals surface area contributed by atoms with Crippen LogP contribution >= 0.6 is 15.9 Å². The number of halogens is 2. The van der Waals surface area contributed by atoms with Gasteiger partial charge in [0.1, 0.15) is 5.82 Å². The lowest BCUT2D eigenvalue weighted by Gasteiger charge is -2.26. The maximum absolute atomic E-state index is 13.3. The highest BCUT2D eigenvalue weighted by Gasteiger charge is 2.19. The summed E-state index contributed by atoms with van der Waals surface area (Å²) in [5.41, 5.74) is 3.73. The SMILES string of the molecule is Fc1ccc(Br)c(NCC2CCCc3ccccc32)c1. The Kier molecular flexibility index (Phi) is 4.06. The van der Waals surface area contributed by atoms with E-state index in [-0.39, 0.29) is 5.82 Å². The van der Waals surface area contributed by atoms with Crippen molar-refractivity contribution in [2.45, 2.75) is 25.2 Å². The Morgan fingerprint density at radius 3 is 2.95 bits per heavy atom. The summed E-state index contributed by atoms with van der Waals surface area (Å²) in [6.45, 7) is 0.846. The second kappa shape index (κ2) is 5.96. The first-order chi connectivity index (χ1) is 9.74. The fourth-order valence-corrected chi connectivity index (χ4v) is 3.32. The van der Waals surface area contributed by atoms with Crippen molar-refractivity contribution in [1.82, 2.24) is 0 Å². The second-order valence-electron chi connectivity index (χ2n) is 5.29. The van der Waals surface area contributed by atoms with Crippen LogP contribution in [0, 0.1) is 5.82 Å². The summed E-state index contributed by atoms with van der Waals surface area (Å²) in [5.74, 6) is 0.301. The first kappa shape index (κ1) is 13.6. The van der Waals surface area contributed by atoms with Gasteiger partial charge < -0.3 is 5.32 Å². The van der Waals surface area contributed by atoms with E-state index in [2.05, 4.69) is 45.5 Å². The minimum absolute atomic E-state index is 0.209. The number of fused-ring (bicyclic) bond motifs is 1. The van der Waals surface area contributed by atoms with Gasteiger partial charge in [-0.3, -0.25) is 0 Å². The van der Waals surface area contributed by atoms with Crippen molar-refractivity contribution in [2.75, 3.05) is 11.9 Å². The Morgan fingerprint density at radius 1 is 1.20 bits per heavy atom. The highest BCUT2D eigenvalue weighted by Crippen LogP contribution is 2.32. The number of aryl methyl sites for hydroxylation is 1. The van der Waals surface area contributed by atoms with Crippen molar-refractivity contribution in [3.8, 4) is 0 Å². The maximum Gasteiger partial charge on any atom is 0.125 e. The van der Waals surface area contributed by atoms with Crippen molar-refractivity contribution in [2.24, 2.45) is 0 Å². The minimum Gasteiger partial charge on any atom is -0.383 e. The molecule has 2 aromatic rings. The van der Waals surface area contributed by atoms with Gasteiger partial charge in [0.05, 0.1) is 5.69 Å². The summed E-state index contributed by atoms with van der Waals surface area (Å²) < 4.78 is 14.2. The molecule has 0 heterocycles. The first-order valence-corrected chi connectivity index (χ1v) is 7.80. The van der Waals surface area contributed by atoms with E-state index in [0.717, 1.165) is 16.7 Å². The van der Waals surface area contributed by atoms with Crippen molar-refractivity contribution in [3.05, 3.63) is 63.9 Å². The minimum atomic E-state index is -0.209. The van der Waals surface area contributed by atoms with Crippen molar-refractivity contribution < 1.29 is 4.39 Å². The predicted molar refractivity (Wildman–Crippen MR) is 84.7 cm³/mol. The monoisotopic (exact) mass is 333 g/mol. The Bertz CT molecular complexity index is 612. The summed E-state index contributed by atoms with van der Waals surface area (Å²) in [6, 6.07) is 13.4. The molecule has 0 aromatic heterocycles. The van der Waals surface area contributed by atoms with Crippen LogP contribution in [0.15, 0.2) is 46.9 Å². The van der Waals surface area contributed by atoms with E-state index < -0.39 is 0 Å². The fraction of sp³-hybridized carbons (Fsp3) is 0.294. The third-order valence-electron chi connectivity index (χ3n) is 3.96. The van der Waals surface area contributed by atoms with Gasteiger partial charge in [-0.1, -0.05) is 24.3 Å². The fourth-order valence-electron chi connectivity index (χ4n) is 2.93. The Morgan fingerprint density at radius 2 is 2.05 bits per heavy atom. The van der Waals surface area contributed by atoms with Crippen molar-refractivity contribution in [3.63, 3.8) is 0 Å². The molecule has 0 aliphatic heterocycles. The molecule has 1 unspecified atom stereocenters. The average molecular weight is 334 g/mol. The van der Waals surface area contributed by atoms with Crippen LogP contribution in [0.3, 0.4) is 0 Å². The highest BCUT2D eigenvalue weighted by molar-refractivity contribution is 9.10. The normalized spacial score (nSPS) is 17.6. The van der Waals surface area contributed by atoms with E-state index in [1.807, 2.05) is 0 Å². The van der Waals surface area contributed by atoms with Crippen LogP contribution in [0.4, 0.5) is 10.1 Å². The van der Waals surface area contributed by atoms with Crippen LogP contribution in [0.5, 0.6) is 0 Å². The van der Waals surface area contributed by atoms with Gasteiger partial charge in [-0.15, -0.1) is 0 Å². The van der Waals surface area contributed by atoms with Crippen molar-refractivity contribution >= 4 is 21.6 Å². The van der Waals surface area contributed by atoms with E-state index in [4.69, 9.17) is 0 Å². The Labute approximate surface area is 127 Å². The highest BCUT2D eigenvalue weighted by atomic mass is 79.9. The van der Waals surface area contributed by atoms with Gasteiger partial charge in [0.15, 0.2) is 0 Å². The molecule has 0 spiro atoms. The third kappa shape index (κ3) is 2.88. The van der Waals surface area contributed by atoms with Crippen LogP contribution < -0.4 is 5.32 Å². The molecule has 104 valence electrons. The zero-order valence-corrected chi connectivity index (χ0v) is 12.8. The van der Waals surface area contributed by atoms with Gasteiger partial charge in [-0.25, -0.2) is 4.39 Å². The van der Waals surface area contributed by atoms with Crippen LogP contribution in [0.2, 0.25) is 0 Å². The summed E-state index contributed by atoms with van der Waals surface area (Å²) in [5, 5.41) is 3.38. The van der Waals surface area contributed by atoms with E-state index in [0.29, 0.717) is 5.92 Å². The molecule has 0 fully saturated rings. The zero-order chi connectivity index (χ0) is 13.9. The van der Waals surface area contributed by atoms with E-state index >= 15 is 0 Å². The molecule has 1 atom stereocenters. The van der Waals surface area contributed by atoms with Gasteiger partial charge in [-0.05, 0) is 64.5 Å². The number of rotatable bonds is 3. The number of nitrogens with one attached hydrogen (secondary N) is 1. The van der Waals surface area contributed by atoms with Crippen LogP contribution in [-0.2, 0) is 6.42 Å². The predicted octanol–water partition coefficient (Wildman–Crippen LogP) is 5.12. The Balaban J connectivity index is 1.75. The maximum atomic E-state index is 13.3. The number of hydrogen-bond donors (Lipinski definition) is 1. The quantitative estimate of drug-likeness (QED) is 0.821. The molecule has 1 N–H and O–H groups in total. The standard InChI is InChI=1S/C17H17BrFN/c18-16-9-8-14(19)10-17(16)20-11-13-6-3-5-12-4-1-2-7-15(12)13/h1-2,4,7-10,13,20H,3,5-6,11H2. The number of anilines is 1. The average Bonchev–Trinajstić information content (AvgIpc) is 2.48. The molecular weight excluding hydrogens is 317 g/mol. The molecule has 0 saturated carbocycles. The summed E-state index contributed by atoms with van der Waals surface area (Å²) in [4.78, 5) is 0. The lowest BCUT2D eigenvalue weighted by Crippen LogP contribution is -2.18. The molecule has 2 aromatic carbocycles. The topological polar surface area (TPSA) is 12.0 Å². The van der Waals surface area contributed by atoms with E-state index in [9.17, 15) is 4.39 Å². The van der Waals surface area contributed by atoms with Gasteiger partial charge in [0.25, 0.3) is 0 Å². The molecule has 0 saturated heterocycles. The molecule has 0 bridgehead atoms. The van der Waals surface area contributed by atoms with Crippen LogP contribution in [-0.4, -0.2) is 6.54 Å².